The van der Waals surface area contributed by atoms with Crippen molar-refractivity contribution < 1.29 is 28.2 Å². The Morgan fingerprint density at radius 3 is 2.50 bits per heavy atom. The third-order valence-electron chi connectivity index (χ3n) is 5.04. The van der Waals surface area contributed by atoms with E-state index in [-0.39, 0.29) is 28.0 Å². The summed E-state index contributed by atoms with van der Waals surface area (Å²) < 4.78 is 24.8. The molecule has 0 radical (unpaired) electrons. The van der Waals surface area contributed by atoms with E-state index in [1.165, 1.54) is 19.2 Å². The van der Waals surface area contributed by atoms with E-state index in [4.69, 9.17) is 32.7 Å². The van der Waals surface area contributed by atoms with Gasteiger partial charge in [-0.3, -0.25) is 14.5 Å². The first-order valence-corrected chi connectivity index (χ1v) is 12.9. The fourth-order valence-corrected chi connectivity index (χ4v) is 5.19. The summed E-state index contributed by atoms with van der Waals surface area (Å²) in [5, 5.41) is 0.149. The Bertz CT molecular complexity index is 1410. The highest BCUT2D eigenvalue weighted by atomic mass is 127. The SMILES string of the molecule is COc1cc(/C=C2\SC(=O)N(Cc3ccc(F)cc3Cl)C2=O)cc(I)c1OC(=O)c1ccc(Cl)cc1. The molecular weight excluding hydrogens is 643 g/mol. The Kier molecular flexibility index (Phi) is 8.23. The lowest BCUT2D eigenvalue weighted by Crippen LogP contribution is -2.27. The molecule has 0 N–H and O–H groups in total. The maximum atomic E-state index is 13.3. The second-order valence-electron chi connectivity index (χ2n) is 7.43. The molecule has 0 aliphatic carbocycles. The topological polar surface area (TPSA) is 72.9 Å². The van der Waals surface area contributed by atoms with Crippen LogP contribution in [0.4, 0.5) is 9.18 Å². The molecular formula is C25H15Cl2FINO5S. The number of imide groups is 1. The van der Waals surface area contributed by atoms with Crippen LogP contribution in [0, 0.1) is 9.39 Å². The van der Waals surface area contributed by atoms with Crippen molar-refractivity contribution in [1.29, 1.82) is 0 Å². The molecule has 1 saturated heterocycles. The molecule has 4 rings (SSSR count). The normalized spacial score (nSPS) is 14.5. The van der Waals surface area contributed by atoms with Gasteiger partial charge in [0.15, 0.2) is 11.5 Å². The van der Waals surface area contributed by atoms with Gasteiger partial charge in [-0.15, -0.1) is 0 Å². The van der Waals surface area contributed by atoms with E-state index in [1.807, 2.05) is 22.6 Å². The lowest BCUT2D eigenvalue weighted by Gasteiger charge is -2.14. The van der Waals surface area contributed by atoms with Crippen LogP contribution in [-0.4, -0.2) is 29.1 Å². The first-order valence-electron chi connectivity index (χ1n) is 10.2. The molecule has 6 nitrogen and oxygen atoms in total. The molecule has 3 aromatic carbocycles. The first-order chi connectivity index (χ1) is 17.2. The molecule has 3 aromatic rings. The number of hydrogen-bond donors (Lipinski definition) is 0. The van der Waals surface area contributed by atoms with E-state index in [0.717, 1.165) is 22.7 Å². The van der Waals surface area contributed by atoms with E-state index in [2.05, 4.69) is 0 Å². The molecule has 0 atom stereocenters. The minimum atomic E-state index is -0.587. The molecule has 0 aromatic heterocycles. The summed E-state index contributed by atoms with van der Waals surface area (Å²) in [6.07, 6.45) is 1.55. The van der Waals surface area contributed by atoms with Crippen molar-refractivity contribution >= 4 is 80.7 Å². The van der Waals surface area contributed by atoms with Gasteiger partial charge in [-0.05, 0) is 100 Å². The van der Waals surface area contributed by atoms with Crippen molar-refractivity contribution in [1.82, 2.24) is 4.90 Å². The third kappa shape index (κ3) is 5.86. The number of nitrogens with zero attached hydrogens (tertiary/aromatic N) is 1. The van der Waals surface area contributed by atoms with Gasteiger partial charge in [-0.25, -0.2) is 9.18 Å². The first kappa shape index (κ1) is 26.5. The van der Waals surface area contributed by atoms with Crippen LogP contribution in [0.15, 0.2) is 59.5 Å². The Labute approximate surface area is 233 Å². The predicted octanol–water partition coefficient (Wildman–Crippen LogP) is 7.20. The summed E-state index contributed by atoms with van der Waals surface area (Å²) >= 11 is 14.7. The molecule has 36 heavy (non-hydrogen) atoms. The van der Waals surface area contributed by atoms with E-state index < -0.39 is 22.9 Å². The quantitative estimate of drug-likeness (QED) is 0.121. The van der Waals surface area contributed by atoms with Crippen molar-refractivity contribution in [3.63, 3.8) is 0 Å². The minimum Gasteiger partial charge on any atom is -0.493 e. The van der Waals surface area contributed by atoms with Crippen LogP contribution in [0.3, 0.4) is 0 Å². The zero-order valence-corrected chi connectivity index (χ0v) is 22.9. The van der Waals surface area contributed by atoms with Crippen molar-refractivity contribution in [3.8, 4) is 11.5 Å². The van der Waals surface area contributed by atoms with Gasteiger partial charge in [0.1, 0.15) is 5.82 Å². The van der Waals surface area contributed by atoms with Crippen LogP contribution in [0.5, 0.6) is 11.5 Å². The largest absolute Gasteiger partial charge is 0.493 e. The van der Waals surface area contributed by atoms with Gasteiger partial charge in [0.05, 0.1) is 27.7 Å². The Morgan fingerprint density at radius 1 is 1.11 bits per heavy atom. The molecule has 1 fully saturated rings. The maximum Gasteiger partial charge on any atom is 0.343 e. The number of thioether (sulfide) groups is 1. The van der Waals surface area contributed by atoms with Crippen molar-refractivity contribution in [2.24, 2.45) is 0 Å². The average Bonchev–Trinajstić information content (AvgIpc) is 3.09. The number of carbonyl (C=O) groups excluding carboxylic acids is 3. The van der Waals surface area contributed by atoms with E-state index in [1.54, 1.807) is 42.5 Å². The standard InChI is InChI=1S/C25H15Cl2FINO5S/c1-34-20-9-13(8-19(29)22(20)35-24(32)14-2-5-16(26)6-3-14)10-21-23(31)30(25(33)36-21)12-15-4-7-17(28)11-18(15)27/h2-11H,12H2,1H3/b21-10-. The fourth-order valence-electron chi connectivity index (χ4n) is 3.27. The van der Waals surface area contributed by atoms with E-state index in [9.17, 15) is 18.8 Å². The number of halogens is 4. The summed E-state index contributed by atoms with van der Waals surface area (Å²) in [7, 11) is 1.43. The maximum absolute atomic E-state index is 13.3. The zero-order chi connectivity index (χ0) is 26.0. The van der Waals surface area contributed by atoms with Gasteiger partial charge in [-0.1, -0.05) is 29.3 Å². The number of esters is 1. The van der Waals surface area contributed by atoms with E-state index >= 15 is 0 Å². The highest BCUT2D eigenvalue weighted by Gasteiger charge is 2.35. The van der Waals surface area contributed by atoms with Gasteiger partial charge in [0.2, 0.25) is 0 Å². The van der Waals surface area contributed by atoms with Crippen molar-refractivity contribution in [3.05, 3.63) is 95.6 Å². The predicted molar refractivity (Wildman–Crippen MR) is 145 cm³/mol. The van der Waals surface area contributed by atoms with Crippen LogP contribution < -0.4 is 9.47 Å². The summed E-state index contributed by atoms with van der Waals surface area (Å²) in [6, 6.07) is 13.3. The fraction of sp³-hybridized carbons (Fsp3) is 0.0800. The second kappa shape index (κ2) is 11.2. The molecule has 11 heteroatoms. The van der Waals surface area contributed by atoms with Gasteiger partial charge in [-0.2, -0.15) is 0 Å². The highest BCUT2D eigenvalue weighted by molar-refractivity contribution is 14.1. The number of ether oxygens (including phenoxy) is 2. The number of hydrogen-bond acceptors (Lipinski definition) is 6. The molecule has 2 amide bonds. The molecule has 0 saturated carbocycles. The number of rotatable bonds is 6. The zero-order valence-electron chi connectivity index (χ0n) is 18.4. The lowest BCUT2D eigenvalue weighted by molar-refractivity contribution is -0.123. The van der Waals surface area contributed by atoms with Crippen molar-refractivity contribution in [2.45, 2.75) is 6.54 Å². The third-order valence-corrected chi connectivity index (χ3v) is 7.35. The van der Waals surface area contributed by atoms with E-state index in [0.29, 0.717) is 25.3 Å². The van der Waals surface area contributed by atoms with Gasteiger partial charge >= 0.3 is 5.97 Å². The molecule has 1 aliphatic rings. The number of amides is 2. The number of carbonyl (C=O) groups is 3. The average molecular weight is 658 g/mol. The summed E-state index contributed by atoms with van der Waals surface area (Å²) in [5.41, 5.74) is 1.33. The monoisotopic (exact) mass is 657 g/mol. The Balaban J connectivity index is 1.56. The van der Waals surface area contributed by atoms with Crippen LogP contribution in [0.25, 0.3) is 6.08 Å². The Morgan fingerprint density at radius 2 is 1.83 bits per heavy atom. The van der Waals surface area contributed by atoms with Gasteiger partial charge in [0.25, 0.3) is 11.1 Å². The van der Waals surface area contributed by atoms with Crippen LogP contribution in [0.2, 0.25) is 10.0 Å². The summed E-state index contributed by atoms with van der Waals surface area (Å²) in [6.45, 7) is -0.0818. The van der Waals surface area contributed by atoms with Gasteiger partial charge in [0, 0.05) is 10.0 Å². The molecule has 0 spiro atoms. The molecule has 1 aliphatic heterocycles. The van der Waals surface area contributed by atoms with Crippen LogP contribution >= 0.6 is 57.6 Å². The summed E-state index contributed by atoms with van der Waals surface area (Å²) in [5.74, 6) is -1.11. The minimum absolute atomic E-state index is 0.0818. The van der Waals surface area contributed by atoms with Crippen LogP contribution in [-0.2, 0) is 11.3 Å². The van der Waals surface area contributed by atoms with Crippen LogP contribution in [0.1, 0.15) is 21.5 Å². The molecule has 1 heterocycles. The smallest absolute Gasteiger partial charge is 0.343 e. The highest BCUT2D eigenvalue weighted by Crippen LogP contribution is 2.38. The second-order valence-corrected chi connectivity index (χ2v) is 10.4. The van der Waals surface area contributed by atoms with Crippen molar-refractivity contribution in [2.75, 3.05) is 7.11 Å². The number of methoxy groups -OCH3 is 1. The Hall–Kier alpha value is -2.60. The van der Waals surface area contributed by atoms with Gasteiger partial charge < -0.3 is 9.47 Å². The summed E-state index contributed by atoms with van der Waals surface area (Å²) in [4.78, 5) is 39.2. The molecule has 184 valence electrons. The number of benzene rings is 3. The molecule has 0 bridgehead atoms. The lowest BCUT2D eigenvalue weighted by atomic mass is 10.1. The molecule has 0 unspecified atom stereocenters.